The molecule has 0 bridgehead atoms. The van der Waals surface area contributed by atoms with Gasteiger partial charge in [-0.1, -0.05) is 0 Å². The van der Waals surface area contributed by atoms with Crippen molar-refractivity contribution in [2.24, 2.45) is 11.7 Å². The number of nitrogens with two attached hydrogens (primary N) is 1. The lowest BCUT2D eigenvalue weighted by atomic mass is 9.91. The Morgan fingerprint density at radius 2 is 2.05 bits per heavy atom. The first-order valence-electron chi connectivity index (χ1n) is 6.84. The fraction of sp³-hybridized carbons (Fsp3) is 0.500. The molecule has 1 aromatic rings. The molecule has 0 spiro atoms. The van der Waals surface area contributed by atoms with Crippen molar-refractivity contribution in [3.05, 3.63) is 29.3 Å². The van der Waals surface area contributed by atoms with E-state index in [0.717, 1.165) is 12.8 Å². The number of piperidine rings is 1. The van der Waals surface area contributed by atoms with Gasteiger partial charge in [0.15, 0.2) is 0 Å². The second kappa shape index (κ2) is 5.01. The Bertz CT molecular complexity index is 526. The van der Waals surface area contributed by atoms with Crippen molar-refractivity contribution in [2.45, 2.75) is 25.4 Å². The highest BCUT2D eigenvalue weighted by Gasteiger charge is 2.42. The normalized spacial score (nSPS) is 25.6. The molecule has 1 amide bonds. The molecule has 2 fully saturated rings. The number of anilines is 1. The quantitative estimate of drug-likeness (QED) is 0.854. The van der Waals surface area contributed by atoms with Crippen LogP contribution in [0.5, 0.6) is 0 Å². The summed E-state index contributed by atoms with van der Waals surface area (Å²) in [6.07, 6.45) is 1.53. The van der Waals surface area contributed by atoms with Gasteiger partial charge in [-0.3, -0.25) is 4.79 Å². The number of hydrogen-bond donors (Lipinski definition) is 2. The van der Waals surface area contributed by atoms with E-state index in [9.17, 15) is 13.6 Å². The molecule has 0 saturated carbocycles. The molecule has 2 aliphatic heterocycles. The van der Waals surface area contributed by atoms with Crippen molar-refractivity contribution >= 4 is 11.6 Å². The molecule has 2 atom stereocenters. The molecule has 1 aromatic carbocycles. The van der Waals surface area contributed by atoms with Crippen molar-refractivity contribution < 1.29 is 13.6 Å². The van der Waals surface area contributed by atoms with E-state index in [1.807, 2.05) is 0 Å². The van der Waals surface area contributed by atoms with Crippen LogP contribution in [-0.4, -0.2) is 25.0 Å². The zero-order valence-corrected chi connectivity index (χ0v) is 11.0. The molecule has 20 heavy (non-hydrogen) atoms. The summed E-state index contributed by atoms with van der Waals surface area (Å²) in [5.41, 5.74) is 5.81. The van der Waals surface area contributed by atoms with Crippen molar-refractivity contribution in [3.8, 4) is 0 Å². The van der Waals surface area contributed by atoms with Crippen LogP contribution < -0.4 is 16.0 Å². The highest BCUT2D eigenvalue weighted by atomic mass is 19.1. The maximum atomic E-state index is 14.2. The van der Waals surface area contributed by atoms with Crippen LogP contribution in [0, 0.1) is 17.6 Å². The van der Waals surface area contributed by atoms with Crippen molar-refractivity contribution in [1.82, 2.24) is 5.32 Å². The zero-order valence-electron chi connectivity index (χ0n) is 11.0. The molecular weight excluding hydrogens is 264 g/mol. The average Bonchev–Trinajstić information content (AvgIpc) is 2.81. The number of amides is 1. The van der Waals surface area contributed by atoms with Crippen LogP contribution in [0.25, 0.3) is 0 Å². The van der Waals surface area contributed by atoms with Crippen LogP contribution in [0.3, 0.4) is 0 Å². The highest BCUT2D eigenvalue weighted by molar-refractivity contribution is 5.83. The zero-order chi connectivity index (χ0) is 14.3. The Labute approximate surface area is 115 Å². The van der Waals surface area contributed by atoms with E-state index in [1.54, 1.807) is 4.90 Å². The number of carbonyl (C=O) groups excluding carboxylic acids is 1. The number of hydrogen-bond acceptors (Lipinski definition) is 3. The average molecular weight is 281 g/mol. The second-order valence-corrected chi connectivity index (χ2v) is 5.37. The summed E-state index contributed by atoms with van der Waals surface area (Å²) < 4.78 is 28.4. The Balaban J connectivity index is 1.98. The summed E-state index contributed by atoms with van der Waals surface area (Å²) in [5, 5.41) is 2.78. The fourth-order valence-electron chi connectivity index (χ4n) is 3.24. The SMILES string of the molecule is NCc1cc(F)c(N2CCCC3C(=O)NCC32)c(F)c1. The van der Waals surface area contributed by atoms with Gasteiger partial charge in [0.2, 0.25) is 5.91 Å². The van der Waals surface area contributed by atoms with E-state index >= 15 is 0 Å². The van der Waals surface area contributed by atoms with Gasteiger partial charge in [-0.15, -0.1) is 0 Å². The van der Waals surface area contributed by atoms with Gasteiger partial charge in [0.25, 0.3) is 0 Å². The fourth-order valence-corrected chi connectivity index (χ4v) is 3.24. The maximum Gasteiger partial charge on any atom is 0.225 e. The molecule has 3 rings (SSSR count). The van der Waals surface area contributed by atoms with Gasteiger partial charge in [0.1, 0.15) is 17.3 Å². The first-order chi connectivity index (χ1) is 9.61. The van der Waals surface area contributed by atoms with Gasteiger partial charge >= 0.3 is 0 Å². The minimum absolute atomic E-state index is 0.0147. The molecule has 2 saturated heterocycles. The second-order valence-electron chi connectivity index (χ2n) is 5.37. The molecule has 0 radical (unpaired) electrons. The largest absolute Gasteiger partial charge is 0.361 e. The van der Waals surface area contributed by atoms with E-state index in [1.165, 1.54) is 12.1 Å². The Kier molecular flexibility index (Phi) is 3.33. The number of halogens is 2. The van der Waals surface area contributed by atoms with E-state index < -0.39 is 11.6 Å². The van der Waals surface area contributed by atoms with E-state index in [2.05, 4.69) is 5.32 Å². The molecule has 2 heterocycles. The number of nitrogens with one attached hydrogen (secondary N) is 1. The molecule has 108 valence electrons. The van der Waals surface area contributed by atoms with Crippen LogP contribution >= 0.6 is 0 Å². The lowest BCUT2D eigenvalue weighted by Gasteiger charge is -2.38. The molecule has 3 N–H and O–H groups in total. The minimum Gasteiger partial charge on any atom is -0.361 e. The first-order valence-corrected chi connectivity index (χ1v) is 6.84. The predicted molar refractivity (Wildman–Crippen MR) is 71.1 cm³/mol. The molecule has 0 aliphatic carbocycles. The third-order valence-electron chi connectivity index (χ3n) is 4.20. The molecular formula is C14H17F2N3O. The minimum atomic E-state index is -0.606. The Morgan fingerprint density at radius 3 is 2.70 bits per heavy atom. The van der Waals surface area contributed by atoms with Crippen LogP contribution in [0.4, 0.5) is 14.5 Å². The Morgan fingerprint density at radius 1 is 1.35 bits per heavy atom. The molecule has 6 heteroatoms. The predicted octanol–water partition coefficient (Wildman–Crippen LogP) is 1.14. The summed E-state index contributed by atoms with van der Waals surface area (Å²) in [6.45, 7) is 1.10. The summed E-state index contributed by atoms with van der Waals surface area (Å²) >= 11 is 0. The topological polar surface area (TPSA) is 58.4 Å². The molecule has 0 aromatic heterocycles. The van der Waals surface area contributed by atoms with E-state index in [-0.39, 0.29) is 30.1 Å². The summed E-state index contributed by atoms with van der Waals surface area (Å²) in [6, 6.07) is 2.38. The smallest absolute Gasteiger partial charge is 0.225 e. The monoisotopic (exact) mass is 281 g/mol. The molecule has 2 aliphatic rings. The molecule has 2 unspecified atom stereocenters. The van der Waals surface area contributed by atoms with Crippen LogP contribution in [0.15, 0.2) is 12.1 Å². The summed E-state index contributed by atoms with van der Waals surface area (Å²) in [7, 11) is 0. The number of carbonyl (C=O) groups is 1. The van der Waals surface area contributed by atoms with Crippen molar-refractivity contribution in [3.63, 3.8) is 0 Å². The third-order valence-corrected chi connectivity index (χ3v) is 4.20. The van der Waals surface area contributed by atoms with Crippen LogP contribution in [0.2, 0.25) is 0 Å². The van der Waals surface area contributed by atoms with Gasteiger partial charge in [-0.2, -0.15) is 0 Å². The summed E-state index contributed by atoms with van der Waals surface area (Å²) in [5.74, 6) is -1.40. The van der Waals surface area contributed by atoms with Gasteiger partial charge in [-0.05, 0) is 30.5 Å². The van der Waals surface area contributed by atoms with E-state index in [0.29, 0.717) is 18.7 Å². The van der Waals surface area contributed by atoms with E-state index in [4.69, 9.17) is 5.73 Å². The number of fused-ring (bicyclic) bond motifs is 1. The van der Waals surface area contributed by atoms with Gasteiger partial charge in [0, 0.05) is 19.6 Å². The number of nitrogens with zero attached hydrogens (tertiary/aromatic N) is 1. The number of benzene rings is 1. The lowest BCUT2D eigenvalue weighted by molar-refractivity contribution is -0.123. The maximum absolute atomic E-state index is 14.2. The summed E-state index contributed by atoms with van der Waals surface area (Å²) in [4.78, 5) is 13.4. The van der Waals surface area contributed by atoms with Crippen molar-refractivity contribution in [1.29, 1.82) is 0 Å². The standard InChI is InChI=1S/C14H17F2N3O/c15-10-4-8(6-17)5-11(16)13(10)19-3-1-2-9-12(19)7-18-14(9)20/h4-5,9,12H,1-3,6-7,17H2,(H,18,20). The van der Waals surface area contributed by atoms with Gasteiger partial charge in [0.05, 0.1) is 12.0 Å². The first kappa shape index (κ1) is 13.3. The highest BCUT2D eigenvalue weighted by Crippen LogP contribution is 2.34. The third kappa shape index (κ3) is 2.04. The van der Waals surface area contributed by atoms with Crippen LogP contribution in [0.1, 0.15) is 18.4 Å². The number of rotatable bonds is 2. The van der Waals surface area contributed by atoms with Crippen molar-refractivity contribution in [2.75, 3.05) is 18.0 Å². The lowest BCUT2D eigenvalue weighted by Crippen LogP contribution is -2.46. The van der Waals surface area contributed by atoms with Crippen LogP contribution in [-0.2, 0) is 11.3 Å². The van der Waals surface area contributed by atoms with Gasteiger partial charge < -0.3 is 16.0 Å². The molecule has 4 nitrogen and oxygen atoms in total. The van der Waals surface area contributed by atoms with Gasteiger partial charge in [-0.25, -0.2) is 8.78 Å². The Hall–Kier alpha value is -1.69.